The summed E-state index contributed by atoms with van der Waals surface area (Å²) in [6.07, 6.45) is -27.7. The molecule has 0 aromatic rings. The topological polar surface area (TPSA) is 394 Å². The second-order valence-corrected chi connectivity index (χ2v) is 26.0. The number of carboxylic acids is 1. The summed E-state index contributed by atoms with van der Waals surface area (Å²) in [4.78, 5) is 12.4. The first-order chi connectivity index (χ1) is 36.0. The van der Waals surface area contributed by atoms with Crippen LogP contribution in [0, 0.1) is 50.2 Å². The number of carboxylic acid groups (broad SMARTS) is 1. The molecule has 24 nitrogen and oxygen atoms in total. The van der Waals surface area contributed by atoms with E-state index >= 15 is 0 Å². The number of fused-ring (bicyclic) bond motifs is 7. The van der Waals surface area contributed by atoms with Gasteiger partial charge in [0.1, 0.15) is 85.5 Å². The number of aliphatic hydroxyl groups is 14. The predicted molar refractivity (Wildman–Crippen MR) is 260 cm³/mol. The van der Waals surface area contributed by atoms with E-state index < -0.39 is 176 Å². The quantitative estimate of drug-likeness (QED) is 0.0689. The molecule has 9 rings (SSSR count). The van der Waals surface area contributed by atoms with Crippen LogP contribution in [0.2, 0.25) is 0 Å². The van der Waals surface area contributed by atoms with E-state index in [9.17, 15) is 81.4 Å². The van der Waals surface area contributed by atoms with Crippen LogP contribution >= 0.6 is 0 Å². The van der Waals surface area contributed by atoms with Crippen LogP contribution in [0.3, 0.4) is 0 Å². The summed E-state index contributed by atoms with van der Waals surface area (Å²) in [5.74, 6) is -1.79. The third kappa shape index (κ3) is 9.50. The first-order valence-electron chi connectivity index (χ1n) is 27.4. The molecule has 0 spiro atoms. The van der Waals surface area contributed by atoms with E-state index in [0.29, 0.717) is 44.9 Å². The van der Waals surface area contributed by atoms with Gasteiger partial charge in [0.05, 0.1) is 44.7 Å². The molecular weight excluding hydrogens is 1020 g/mol. The number of ether oxygens (including phenoxy) is 8. The average molecular weight is 1110 g/mol. The normalized spacial score (nSPS) is 55.7. The van der Waals surface area contributed by atoms with Gasteiger partial charge in [-0.2, -0.15) is 0 Å². The van der Waals surface area contributed by atoms with Gasteiger partial charge in [0, 0.05) is 10.8 Å². The van der Waals surface area contributed by atoms with E-state index in [2.05, 4.69) is 33.8 Å². The highest BCUT2D eigenvalue weighted by atomic mass is 16.8. The average Bonchev–Trinajstić information content (AvgIpc) is 3.38. The molecule has 30 atom stereocenters. The van der Waals surface area contributed by atoms with Gasteiger partial charge in [-0.1, -0.05) is 60.1 Å². The molecule has 5 aliphatic carbocycles. The van der Waals surface area contributed by atoms with Gasteiger partial charge in [0.15, 0.2) is 31.3 Å². The molecule has 4 unspecified atom stereocenters. The van der Waals surface area contributed by atoms with Crippen molar-refractivity contribution in [3.63, 3.8) is 0 Å². The fourth-order valence-electron chi connectivity index (χ4n) is 16.4. The molecule has 0 radical (unpaired) electrons. The molecule has 4 saturated carbocycles. The summed E-state index contributed by atoms with van der Waals surface area (Å²) in [6, 6.07) is 0. The molecule has 0 bridgehead atoms. The Hall–Kier alpha value is -1.67. The zero-order valence-corrected chi connectivity index (χ0v) is 44.9. The van der Waals surface area contributed by atoms with Crippen molar-refractivity contribution in [3.8, 4) is 0 Å². The fraction of sp³-hybridized carbons (Fsp3) is 0.943. The lowest BCUT2D eigenvalue weighted by molar-refractivity contribution is -0.375. The summed E-state index contributed by atoms with van der Waals surface area (Å²) in [7, 11) is 0. The smallest absolute Gasteiger partial charge is 0.335 e. The van der Waals surface area contributed by atoms with Crippen LogP contribution in [0.15, 0.2) is 11.6 Å². The van der Waals surface area contributed by atoms with Crippen molar-refractivity contribution >= 4 is 5.97 Å². The lowest BCUT2D eigenvalue weighted by Gasteiger charge is -2.72. The SMILES string of the molecule is CC1(CO)C(O[C@@H]2O[C@H](C(=O)O)[C@H](O)[C@H](O)[C@H]2O[C@@H]2O[C@H](CO)[C@@H](O)[C@H](O)[C@H]2O)CC[C@@]2(C)C1CC[C@]1(C)C2CC=C2[C@@H]3CC(C)(C)[C@H](O)[C@H](O[C@@H]4OC[C@H](O)[C@H](O[C@@H]5O[C@H](CO)[C@@H](O)[C@H](O)[C@H]5O)[C@H]4O)[C@]3(C)CC[C@]21C. The van der Waals surface area contributed by atoms with Crippen molar-refractivity contribution in [3.05, 3.63) is 11.6 Å². The van der Waals surface area contributed by atoms with E-state index in [4.69, 9.17) is 37.9 Å². The second kappa shape index (κ2) is 21.5. The number of aliphatic carboxylic acids is 1. The van der Waals surface area contributed by atoms with Crippen molar-refractivity contribution in [2.45, 2.75) is 235 Å². The monoisotopic (exact) mass is 1110 g/mol. The third-order valence-corrected chi connectivity index (χ3v) is 21.5. The van der Waals surface area contributed by atoms with E-state index in [0.717, 1.165) is 6.42 Å². The second-order valence-electron chi connectivity index (χ2n) is 26.0. The molecule has 15 N–H and O–H groups in total. The van der Waals surface area contributed by atoms with E-state index in [1.807, 2.05) is 20.8 Å². The number of rotatable bonds is 12. The zero-order valence-electron chi connectivity index (χ0n) is 44.9. The molecule has 4 aliphatic heterocycles. The van der Waals surface area contributed by atoms with Crippen molar-refractivity contribution in [2.24, 2.45) is 50.2 Å². The minimum absolute atomic E-state index is 0.0901. The summed E-state index contributed by atoms with van der Waals surface area (Å²) < 4.78 is 48.0. The third-order valence-electron chi connectivity index (χ3n) is 21.5. The molecule has 0 amide bonds. The Morgan fingerprint density at radius 3 is 1.77 bits per heavy atom. The Balaban J connectivity index is 0.955. The highest BCUT2D eigenvalue weighted by Gasteiger charge is 2.71. The van der Waals surface area contributed by atoms with Crippen molar-refractivity contribution < 1.29 is 119 Å². The lowest BCUT2D eigenvalue weighted by Crippen LogP contribution is -2.69. The van der Waals surface area contributed by atoms with Gasteiger partial charge in [-0.3, -0.25) is 0 Å². The number of carbonyl (C=O) groups is 1. The summed E-state index contributed by atoms with van der Waals surface area (Å²) >= 11 is 0. The number of hydrogen-bond acceptors (Lipinski definition) is 23. The molecular formula is C53H86O24. The fourth-order valence-corrected chi connectivity index (χ4v) is 16.4. The van der Waals surface area contributed by atoms with Gasteiger partial charge in [-0.25, -0.2) is 4.79 Å². The maximum Gasteiger partial charge on any atom is 0.335 e. The number of hydrogen-bond donors (Lipinski definition) is 15. The van der Waals surface area contributed by atoms with Crippen LogP contribution in [-0.2, 0) is 42.7 Å². The minimum atomic E-state index is -2.04. The molecule has 24 heteroatoms. The van der Waals surface area contributed by atoms with Gasteiger partial charge >= 0.3 is 5.97 Å². The Labute approximate surface area is 447 Å². The Morgan fingerprint density at radius 1 is 0.597 bits per heavy atom. The highest BCUT2D eigenvalue weighted by molar-refractivity contribution is 5.73. The van der Waals surface area contributed by atoms with E-state index in [1.165, 1.54) is 5.57 Å². The van der Waals surface area contributed by atoms with Crippen LogP contribution < -0.4 is 0 Å². The molecule has 4 saturated heterocycles. The Morgan fingerprint density at radius 2 is 1.19 bits per heavy atom. The van der Waals surface area contributed by atoms with E-state index in [-0.39, 0.29) is 41.8 Å². The molecule has 0 aromatic heterocycles. The maximum atomic E-state index is 12.4. The first-order valence-corrected chi connectivity index (χ1v) is 27.4. The van der Waals surface area contributed by atoms with E-state index in [1.54, 1.807) is 0 Å². The molecule has 0 aromatic carbocycles. The van der Waals surface area contributed by atoms with Gasteiger partial charge < -0.3 is 114 Å². The largest absolute Gasteiger partial charge is 0.479 e. The lowest BCUT2D eigenvalue weighted by atomic mass is 9.33. The predicted octanol–water partition coefficient (Wildman–Crippen LogP) is -2.89. The summed E-state index contributed by atoms with van der Waals surface area (Å²) in [5.41, 5.74) is -2.17. The highest BCUT2D eigenvalue weighted by Crippen LogP contribution is 2.76. The van der Waals surface area contributed by atoms with Gasteiger partial charge in [-0.15, -0.1) is 0 Å². The van der Waals surface area contributed by atoms with Crippen molar-refractivity contribution in [1.29, 1.82) is 0 Å². The van der Waals surface area contributed by atoms with Crippen LogP contribution in [0.25, 0.3) is 0 Å². The Kier molecular flexibility index (Phi) is 16.7. The van der Waals surface area contributed by atoms with Gasteiger partial charge in [0.25, 0.3) is 0 Å². The van der Waals surface area contributed by atoms with Crippen LogP contribution in [0.5, 0.6) is 0 Å². The minimum Gasteiger partial charge on any atom is -0.479 e. The van der Waals surface area contributed by atoms with Crippen LogP contribution in [0.1, 0.15) is 99.8 Å². The van der Waals surface area contributed by atoms with Gasteiger partial charge in [-0.05, 0) is 90.8 Å². The molecule has 9 aliphatic rings. The molecule has 442 valence electrons. The first kappa shape index (κ1) is 59.9. The standard InChI is InChI=1S/C53H86O24/c1-48(2)16-22-21-8-9-27-50(4)12-11-28(73-47-40(34(63)33(62)39(75-47)43(68)69)76-46-36(65)32(61)30(59)25(18-55)72-46)51(5,20-56)26(50)10-13-53(27,7)52(21,6)15-14-49(22,3)42(41(48)67)77-44-37(66)38(23(57)19-70-44)74-45-35(64)31(60)29(58)24(17-54)71-45/h8,22-42,44-47,54-67H,9-20H2,1-7H3,(H,68,69)/t22-,23-,24+,25+,26?,27?,28?,29+,30+,31-,32-,33+,34-,35+,36+,37+,38-,39-,40+,41+,42-,44-,45-,46-,47+,49+,50-,51?,52+,53+/m0/s1. The van der Waals surface area contributed by atoms with Crippen molar-refractivity contribution in [1.82, 2.24) is 0 Å². The number of allylic oxidation sites excluding steroid dienone is 2. The summed E-state index contributed by atoms with van der Waals surface area (Å²) in [6.45, 7) is 12.8. The van der Waals surface area contributed by atoms with Crippen LogP contribution in [-0.4, -0.2) is 244 Å². The zero-order chi connectivity index (χ0) is 56.4. The maximum absolute atomic E-state index is 12.4. The molecule has 4 heterocycles. The molecule has 77 heavy (non-hydrogen) atoms. The van der Waals surface area contributed by atoms with Gasteiger partial charge in [0.2, 0.25) is 0 Å². The Bertz CT molecular complexity index is 2130. The van der Waals surface area contributed by atoms with Crippen molar-refractivity contribution in [2.75, 3.05) is 26.4 Å². The molecule has 8 fully saturated rings. The van der Waals surface area contributed by atoms with Crippen LogP contribution in [0.4, 0.5) is 0 Å². The summed E-state index contributed by atoms with van der Waals surface area (Å²) in [5, 5.41) is 162. The number of aliphatic hydroxyl groups excluding tert-OH is 14.